The third-order valence-electron chi connectivity index (χ3n) is 3.25. The lowest BCUT2D eigenvalue weighted by Gasteiger charge is -2.24. The molecule has 0 heterocycles. The van der Waals surface area contributed by atoms with Gasteiger partial charge < -0.3 is 10.5 Å². The summed E-state index contributed by atoms with van der Waals surface area (Å²) in [5, 5.41) is 0. The van der Waals surface area contributed by atoms with E-state index in [1.54, 1.807) is 0 Å². The molecule has 0 spiro atoms. The Bertz CT molecular complexity index is 329. The van der Waals surface area contributed by atoms with Crippen LogP contribution in [-0.2, 0) is 0 Å². The molecule has 0 radical (unpaired) electrons. The summed E-state index contributed by atoms with van der Waals surface area (Å²) in [4.78, 5) is 0. The molecule has 0 saturated heterocycles. The van der Waals surface area contributed by atoms with Crippen molar-refractivity contribution in [3.63, 3.8) is 0 Å². The fraction of sp³-hybridized carbons (Fsp3) is 0.600. The second-order valence-corrected chi connectivity index (χ2v) is 5.36. The normalized spacial score (nSPS) is 15.1. The molecule has 17 heavy (non-hydrogen) atoms. The molecule has 0 bridgehead atoms. The molecule has 2 unspecified atom stereocenters. The quantitative estimate of drug-likeness (QED) is 0.843. The first-order valence-corrected chi connectivity index (χ1v) is 6.44. The van der Waals surface area contributed by atoms with Crippen LogP contribution < -0.4 is 10.5 Å². The summed E-state index contributed by atoms with van der Waals surface area (Å²) in [5.74, 6) is 1.98. The minimum absolute atomic E-state index is 0.100. The van der Waals surface area contributed by atoms with Crippen molar-refractivity contribution in [3.8, 4) is 5.75 Å². The zero-order valence-corrected chi connectivity index (χ0v) is 11.6. The third kappa shape index (κ3) is 4.04. The molecule has 0 aliphatic heterocycles. The highest BCUT2D eigenvalue weighted by molar-refractivity contribution is 5.29. The predicted molar refractivity (Wildman–Crippen MR) is 73.1 cm³/mol. The van der Waals surface area contributed by atoms with Crippen molar-refractivity contribution in [2.75, 3.05) is 0 Å². The first-order chi connectivity index (χ1) is 7.91. The lowest BCUT2D eigenvalue weighted by atomic mass is 9.87. The summed E-state index contributed by atoms with van der Waals surface area (Å²) in [6, 6.07) is 8.25. The Morgan fingerprint density at radius 2 is 1.47 bits per heavy atom. The van der Waals surface area contributed by atoms with Gasteiger partial charge in [-0.15, -0.1) is 0 Å². The van der Waals surface area contributed by atoms with Crippen molar-refractivity contribution in [2.45, 2.75) is 46.8 Å². The zero-order valence-electron chi connectivity index (χ0n) is 11.6. The zero-order chi connectivity index (χ0) is 13.0. The first kappa shape index (κ1) is 14.0. The molecule has 0 amide bonds. The molecule has 2 N–H and O–H groups in total. The minimum Gasteiger partial charge on any atom is -0.491 e. The maximum Gasteiger partial charge on any atom is 0.119 e. The first-order valence-electron chi connectivity index (χ1n) is 6.44. The molecule has 2 heteroatoms. The fourth-order valence-corrected chi connectivity index (χ4v) is 1.76. The Balaban J connectivity index is 2.73. The van der Waals surface area contributed by atoms with Crippen LogP contribution >= 0.6 is 0 Å². The number of rotatable bonds is 5. The number of benzene rings is 1. The number of ether oxygens (including phenoxy) is 1. The SMILES string of the molecule is CC(C)Oc1ccc(C(N)C(C)C(C)C)cc1. The smallest absolute Gasteiger partial charge is 0.119 e. The van der Waals surface area contributed by atoms with E-state index < -0.39 is 0 Å². The van der Waals surface area contributed by atoms with Gasteiger partial charge in [-0.25, -0.2) is 0 Å². The van der Waals surface area contributed by atoms with Crippen molar-refractivity contribution >= 4 is 0 Å². The molecule has 1 aromatic rings. The summed E-state index contributed by atoms with van der Waals surface area (Å²) < 4.78 is 5.62. The molecule has 0 saturated carbocycles. The van der Waals surface area contributed by atoms with Gasteiger partial charge in [0.1, 0.15) is 5.75 Å². The van der Waals surface area contributed by atoms with E-state index in [-0.39, 0.29) is 12.1 Å². The number of nitrogens with two attached hydrogens (primary N) is 1. The molecular formula is C15H25NO. The lowest BCUT2D eigenvalue weighted by Crippen LogP contribution is -2.23. The van der Waals surface area contributed by atoms with E-state index in [1.165, 1.54) is 5.56 Å². The predicted octanol–water partition coefficient (Wildman–Crippen LogP) is 3.77. The Hall–Kier alpha value is -1.02. The number of hydrogen-bond acceptors (Lipinski definition) is 2. The van der Waals surface area contributed by atoms with E-state index in [9.17, 15) is 0 Å². The van der Waals surface area contributed by atoms with Gasteiger partial charge in [0.05, 0.1) is 6.10 Å². The summed E-state index contributed by atoms with van der Waals surface area (Å²) in [7, 11) is 0. The van der Waals surface area contributed by atoms with E-state index in [0.29, 0.717) is 11.8 Å². The Morgan fingerprint density at radius 3 is 1.88 bits per heavy atom. The largest absolute Gasteiger partial charge is 0.491 e. The molecule has 1 aromatic carbocycles. The highest BCUT2D eigenvalue weighted by Crippen LogP contribution is 2.26. The van der Waals surface area contributed by atoms with Crippen LogP contribution in [-0.4, -0.2) is 6.10 Å². The van der Waals surface area contributed by atoms with Gasteiger partial charge in [0.2, 0.25) is 0 Å². The fourth-order valence-electron chi connectivity index (χ4n) is 1.76. The van der Waals surface area contributed by atoms with E-state index in [0.717, 1.165) is 5.75 Å². The average Bonchev–Trinajstić information content (AvgIpc) is 2.27. The van der Waals surface area contributed by atoms with Crippen LogP contribution in [0.15, 0.2) is 24.3 Å². The summed E-state index contributed by atoms with van der Waals surface area (Å²) >= 11 is 0. The maximum absolute atomic E-state index is 6.25. The molecule has 2 atom stereocenters. The molecule has 1 rings (SSSR count). The molecule has 96 valence electrons. The van der Waals surface area contributed by atoms with Gasteiger partial charge in [-0.2, -0.15) is 0 Å². The van der Waals surface area contributed by atoms with Crippen LogP contribution in [0, 0.1) is 11.8 Å². The van der Waals surface area contributed by atoms with Crippen molar-refractivity contribution < 1.29 is 4.74 Å². The highest BCUT2D eigenvalue weighted by atomic mass is 16.5. The van der Waals surface area contributed by atoms with Gasteiger partial charge >= 0.3 is 0 Å². The molecule has 0 aliphatic rings. The van der Waals surface area contributed by atoms with Gasteiger partial charge in [-0.05, 0) is 43.4 Å². The lowest BCUT2D eigenvalue weighted by molar-refractivity contribution is 0.242. The monoisotopic (exact) mass is 235 g/mol. The third-order valence-corrected chi connectivity index (χ3v) is 3.25. The van der Waals surface area contributed by atoms with Crippen molar-refractivity contribution in [1.29, 1.82) is 0 Å². The van der Waals surface area contributed by atoms with Crippen molar-refractivity contribution in [1.82, 2.24) is 0 Å². The number of hydrogen-bond donors (Lipinski definition) is 1. The summed E-state index contributed by atoms with van der Waals surface area (Å²) in [5.41, 5.74) is 7.43. The van der Waals surface area contributed by atoms with Crippen LogP contribution in [0.2, 0.25) is 0 Å². The summed E-state index contributed by atoms with van der Waals surface area (Å²) in [6.07, 6.45) is 0.212. The van der Waals surface area contributed by atoms with Crippen LogP contribution in [0.1, 0.15) is 46.2 Å². The van der Waals surface area contributed by atoms with Gasteiger partial charge in [-0.3, -0.25) is 0 Å². The Morgan fingerprint density at radius 1 is 0.941 bits per heavy atom. The Labute approximate surface area is 105 Å². The van der Waals surface area contributed by atoms with Crippen LogP contribution in [0.25, 0.3) is 0 Å². The maximum atomic E-state index is 6.25. The van der Waals surface area contributed by atoms with Gasteiger partial charge in [0, 0.05) is 6.04 Å². The molecular weight excluding hydrogens is 210 g/mol. The van der Waals surface area contributed by atoms with E-state index in [4.69, 9.17) is 10.5 Å². The topological polar surface area (TPSA) is 35.2 Å². The minimum atomic E-state index is 0.100. The second-order valence-electron chi connectivity index (χ2n) is 5.36. The molecule has 0 aromatic heterocycles. The second kappa shape index (κ2) is 6.06. The Kier molecular flexibility index (Phi) is 5.01. The van der Waals surface area contributed by atoms with E-state index in [2.05, 4.69) is 32.9 Å². The standard InChI is InChI=1S/C15H25NO/c1-10(2)12(5)15(16)13-6-8-14(9-7-13)17-11(3)4/h6-12,15H,16H2,1-5H3. The van der Waals surface area contributed by atoms with E-state index >= 15 is 0 Å². The summed E-state index contributed by atoms with van der Waals surface area (Å²) in [6.45, 7) is 10.7. The van der Waals surface area contributed by atoms with Gasteiger partial charge in [-0.1, -0.05) is 32.9 Å². The van der Waals surface area contributed by atoms with Crippen LogP contribution in [0.5, 0.6) is 5.75 Å². The van der Waals surface area contributed by atoms with Crippen molar-refractivity contribution in [2.24, 2.45) is 17.6 Å². The van der Waals surface area contributed by atoms with E-state index in [1.807, 2.05) is 26.0 Å². The van der Waals surface area contributed by atoms with Crippen LogP contribution in [0.4, 0.5) is 0 Å². The average molecular weight is 235 g/mol. The van der Waals surface area contributed by atoms with Crippen molar-refractivity contribution in [3.05, 3.63) is 29.8 Å². The molecule has 2 nitrogen and oxygen atoms in total. The molecule has 0 fully saturated rings. The highest BCUT2D eigenvalue weighted by Gasteiger charge is 2.17. The van der Waals surface area contributed by atoms with Crippen LogP contribution in [0.3, 0.4) is 0 Å². The van der Waals surface area contributed by atoms with Gasteiger partial charge in [0.15, 0.2) is 0 Å². The molecule has 0 aliphatic carbocycles. The van der Waals surface area contributed by atoms with Gasteiger partial charge in [0.25, 0.3) is 0 Å².